The van der Waals surface area contributed by atoms with Crippen LogP contribution in [0.2, 0.25) is 0 Å². The van der Waals surface area contributed by atoms with Crippen molar-refractivity contribution in [3.05, 3.63) is 17.5 Å². The lowest BCUT2D eigenvalue weighted by Crippen LogP contribution is -2.42. The first-order chi connectivity index (χ1) is 8.95. The summed E-state index contributed by atoms with van der Waals surface area (Å²) in [4.78, 5) is 11.3. The Hall–Kier alpha value is -1.56. The summed E-state index contributed by atoms with van der Waals surface area (Å²) in [6, 6.07) is 1.99. The highest BCUT2D eigenvalue weighted by atomic mass is 16.5. The summed E-state index contributed by atoms with van der Waals surface area (Å²) >= 11 is 0. The van der Waals surface area contributed by atoms with Crippen molar-refractivity contribution in [2.75, 3.05) is 6.61 Å². The fourth-order valence-corrected chi connectivity index (χ4v) is 1.72. The average Bonchev–Trinajstić information content (AvgIpc) is 2.78. The number of H-pyrrole nitrogens is 1. The number of rotatable bonds is 6. The van der Waals surface area contributed by atoms with E-state index in [1.165, 1.54) is 0 Å². The van der Waals surface area contributed by atoms with Crippen LogP contribution in [0.5, 0.6) is 0 Å². The Labute approximate surface area is 114 Å². The van der Waals surface area contributed by atoms with E-state index in [4.69, 9.17) is 4.74 Å². The van der Waals surface area contributed by atoms with Crippen LogP contribution in [0.1, 0.15) is 58.0 Å². The van der Waals surface area contributed by atoms with Crippen molar-refractivity contribution >= 4 is 6.09 Å². The van der Waals surface area contributed by atoms with Gasteiger partial charge in [0.1, 0.15) is 0 Å². The van der Waals surface area contributed by atoms with Crippen molar-refractivity contribution in [3.63, 3.8) is 0 Å². The monoisotopic (exact) mass is 268 g/mol. The van der Waals surface area contributed by atoms with Crippen molar-refractivity contribution in [1.82, 2.24) is 21.0 Å². The summed E-state index contributed by atoms with van der Waals surface area (Å²) < 4.78 is 4.81. The van der Waals surface area contributed by atoms with E-state index in [2.05, 4.69) is 48.7 Å². The lowest BCUT2D eigenvalue weighted by atomic mass is 10.0. The van der Waals surface area contributed by atoms with Gasteiger partial charge in [-0.05, 0) is 24.8 Å². The first-order valence-corrected chi connectivity index (χ1v) is 6.69. The quantitative estimate of drug-likeness (QED) is 0.692. The third-order valence-electron chi connectivity index (χ3n) is 2.82. The minimum atomic E-state index is -0.475. The van der Waals surface area contributed by atoms with Crippen molar-refractivity contribution in [3.8, 4) is 0 Å². The number of amides is 1. The molecule has 0 bridgehead atoms. The SMILES string of the molecule is CCOC(=O)NNC(c1cc(C(C)C)n[nH]1)C(C)C. The highest BCUT2D eigenvalue weighted by Gasteiger charge is 2.19. The summed E-state index contributed by atoms with van der Waals surface area (Å²) in [5, 5.41) is 7.29. The van der Waals surface area contributed by atoms with Crippen molar-refractivity contribution < 1.29 is 9.53 Å². The van der Waals surface area contributed by atoms with Crippen LogP contribution in [0.25, 0.3) is 0 Å². The molecule has 1 aromatic rings. The Kier molecular flexibility index (Phi) is 5.82. The minimum absolute atomic E-state index is 0.0376. The predicted molar refractivity (Wildman–Crippen MR) is 73.5 cm³/mol. The summed E-state index contributed by atoms with van der Waals surface area (Å²) in [6.07, 6.45) is -0.475. The predicted octanol–water partition coefficient (Wildman–Crippen LogP) is 2.48. The van der Waals surface area contributed by atoms with Gasteiger partial charge in [0.05, 0.1) is 24.0 Å². The van der Waals surface area contributed by atoms with E-state index in [0.29, 0.717) is 18.4 Å². The highest BCUT2D eigenvalue weighted by Crippen LogP contribution is 2.22. The van der Waals surface area contributed by atoms with E-state index in [0.717, 1.165) is 11.4 Å². The van der Waals surface area contributed by atoms with Crippen molar-refractivity contribution in [1.29, 1.82) is 0 Å². The van der Waals surface area contributed by atoms with Gasteiger partial charge in [-0.1, -0.05) is 27.7 Å². The third kappa shape index (κ3) is 4.55. The molecule has 1 atom stereocenters. The molecule has 6 heteroatoms. The number of nitrogens with zero attached hydrogens (tertiary/aromatic N) is 1. The number of carbonyl (C=O) groups is 1. The highest BCUT2D eigenvalue weighted by molar-refractivity contribution is 5.66. The summed E-state index contributed by atoms with van der Waals surface area (Å²) in [6.45, 7) is 10.4. The zero-order valence-electron chi connectivity index (χ0n) is 12.3. The lowest BCUT2D eigenvalue weighted by Gasteiger charge is -2.21. The smallest absolute Gasteiger partial charge is 0.421 e. The molecule has 19 heavy (non-hydrogen) atoms. The van der Waals surface area contributed by atoms with Crippen LogP contribution in [0.15, 0.2) is 6.07 Å². The van der Waals surface area contributed by atoms with Crippen molar-refractivity contribution in [2.45, 2.75) is 46.6 Å². The first-order valence-electron chi connectivity index (χ1n) is 6.69. The largest absolute Gasteiger partial charge is 0.449 e. The van der Waals surface area contributed by atoms with E-state index >= 15 is 0 Å². The van der Waals surface area contributed by atoms with Gasteiger partial charge in [-0.3, -0.25) is 10.5 Å². The van der Waals surface area contributed by atoms with Crippen LogP contribution in [-0.4, -0.2) is 22.9 Å². The van der Waals surface area contributed by atoms with Gasteiger partial charge < -0.3 is 4.74 Å². The van der Waals surface area contributed by atoms with Gasteiger partial charge in [0.2, 0.25) is 0 Å². The number of aromatic amines is 1. The van der Waals surface area contributed by atoms with Gasteiger partial charge in [-0.25, -0.2) is 10.2 Å². The fourth-order valence-electron chi connectivity index (χ4n) is 1.72. The second-order valence-electron chi connectivity index (χ2n) is 5.11. The third-order valence-corrected chi connectivity index (χ3v) is 2.82. The molecule has 1 aromatic heterocycles. The first kappa shape index (κ1) is 15.5. The zero-order chi connectivity index (χ0) is 14.4. The molecule has 1 heterocycles. The molecule has 1 amide bonds. The van der Waals surface area contributed by atoms with Gasteiger partial charge in [-0.2, -0.15) is 5.10 Å². The molecule has 1 rings (SSSR count). The summed E-state index contributed by atoms with van der Waals surface area (Å²) in [7, 11) is 0. The van der Waals surface area contributed by atoms with Gasteiger partial charge >= 0.3 is 6.09 Å². The van der Waals surface area contributed by atoms with Crippen LogP contribution in [0.3, 0.4) is 0 Å². The fraction of sp³-hybridized carbons (Fsp3) is 0.692. The molecule has 0 aliphatic rings. The lowest BCUT2D eigenvalue weighted by molar-refractivity contribution is 0.143. The molecular weight excluding hydrogens is 244 g/mol. The molecule has 0 spiro atoms. The number of ether oxygens (including phenoxy) is 1. The normalized spacial score (nSPS) is 12.8. The maximum absolute atomic E-state index is 11.3. The van der Waals surface area contributed by atoms with Crippen molar-refractivity contribution in [2.24, 2.45) is 5.92 Å². The number of carbonyl (C=O) groups excluding carboxylic acids is 1. The maximum atomic E-state index is 11.3. The Balaban J connectivity index is 2.68. The van der Waals surface area contributed by atoms with E-state index in [-0.39, 0.29) is 6.04 Å². The molecule has 108 valence electrons. The van der Waals surface area contributed by atoms with Crippen LogP contribution in [0, 0.1) is 5.92 Å². The molecule has 0 saturated heterocycles. The number of nitrogens with one attached hydrogen (secondary N) is 3. The molecule has 0 aromatic carbocycles. The molecule has 6 nitrogen and oxygen atoms in total. The number of hydrogen-bond donors (Lipinski definition) is 3. The molecule has 0 aliphatic heterocycles. The van der Waals surface area contributed by atoms with Gasteiger partial charge in [-0.15, -0.1) is 0 Å². The van der Waals surface area contributed by atoms with Crippen LogP contribution < -0.4 is 10.9 Å². The van der Waals surface area contributed by atoms with Gasteiger partial charge in [0, 0.05) is 0 Å². The second-order valence-corrected chi connectivity index (χ2v) is 5.11. The Morgan fingerprint density at radius 3 is 2.58 bits per heavy atom. The Morgan fingerprint density at radius 2 is 2.11 bits per heavy atom. The van der Waals surface area contributed by atoms with Crippen LogP contribution in [0.4, 0.5) is 4.79 Å². The second kappa shape index (κ2) is 7.13. The molecule has 0 saturated carbocycles. The molecule has 0 aliphatic carbocycles. The van der Waals surface area contributed by atoms with Gasteiger partial charge in [0.25, 0.3) is 0 Å². The molecule has 3 N–H and O–H groups in total. The maximum Gasteiger partial charge on any atom is 0.421 e. The summed E-state index contributed by atoms with van der Waals surface area (Å²) in [5.74, 6) is 0.665. The number of hydrogen-bond acceptors (Lipinski definition) is 4. The molecule has 1 unspecified atom stereocenters. The topological polar surface area (TPSA) is 79.0 Å². The van der Waals surface area contributed by atoms with E-state index < -0.39 is 6.09 Å². The molecule has 0 fully saturated rings. The molecule has 0 radical (unpaired) electrons. The Morgan fingerprint density at radius 1 is 1.42 bits per heavy atom. The number of aromatic nitrogens is 2. The van der Waals surface area contributed by atoms with E-state index in [1.54, 1.807) is 6.92 Å². The van der Waals surface area contributed by atoms with E-state index in [1.807, 2.05) is 6.07 Å². The standard InChI is InChI=1S/C13H24N4O2/c1-6-19-13(18)17-16-12(9(4)5)11-7-10(8(2)3)14-15-11/h7-9,12,16H,6H2,1-5H3,(H,14,15)(H,17,18). The Bertz CT molecular complexity index is 401. The minimum Gasteiger partial charge on any atom is -0.449 e. The summed E-state index contributed by atoms with van der Waals surface area (Å²) in [5.41, 5.74) is 7.49. The molecular formula is C13H24N4O2. The van der Waals surface area contributed by atoms with Gasteiger partial charge in [0.15, 0.2) is 0 Å². The number of hydrazine groups is 1. The zero-order valence-corrected chi connectivity index (χ0v) is 12.3. The van der Waals surface area contributed by atoms with Crippen LogP contribution in [-0.2, 0) is 4.74 Å². The average molecular weight is 268 g/mol. The van der Waals surface area contributed by atoms with Crippen LogP contribution >= 0.6 is 0 Å². The van der Waals surface area contributed by atoms with E-state index in [9.17, 15) is 4.79 Å².